The minimum atomic E-state index is -4.81. The first kappa shape index (κ1) is 22.4. The van der Waals surface area contributed by atoms with E-state index in [1.807, 2.05) is 5.32 Å². The molecule has 0 saturated heterocycles. The van der Waals surface area contributed by atoms with E-state index >= 15 is 0 Å². The van der Waals surface area contributed by atoms with Gasteiger partial charge in [-0.1, -0.05) is 0 Å². The molecule has 0 unspecified atom stereocenters. The summed E-state index contributed by atoms with van der Waals surface area (Å²) in [6.45, 7) is -0.883. The molecule has 0 aliphatic heterocycles. The van der Waals surface area contributed by atoms with E-state index in [2.05, 4.69) is 4.98 Å². The Bertz CT molecular complexity index is 1180. The number of imidazole rings is 1. The molecule has 1 N–H and O–H groups in total. The second kappa shape index (κ2) is 8.83. The molecule has 1 heterocycles. The number of aromatic nitrogens is 2. The van der Waals surface area contributed by atoms with Crippen molar-refractivity contribution < 1.29 is 36.8 Å². The van der Waals surface area contributed by atoms with Crippen LogP contribution in [0.3, 0.4) is 0 Å². The SMILES string of the molecule is O=C(COC(=O)c1cncn1-c1ccc(F)cc1)Nc1ccc(C(F)(F)F)cc1[N+](=O)[O-]. The van der Waals surface area contributed by atoms with E-state index in [4.69, 9.17) is 4.74 Å². The van der Waals surface area contributed by atoms with Crippen molar-refractivity contribution in [3.8, 4) is 5.69 Å². The van der Waals surface area contributed by atoms with Gasteiger partial charge in [-0.25, -0.2) is 14.2 Å². The van der Waals surface area contributed by atoms with E-state index in [1.165, 1.54) is 23.0 Å². The fourth-order valence-electron chi connectivity index (χ4n) is 2.61. The molecule has 0 atom stereocenters. The molecule has 0 saturated carbocycles. The zero-order chi connectivity index (χ0) is 23.5. The predicted octanol–water partition coefficient (Wildman–Crippen LogP) is 3.73. The smallest absolute Gasteiger partial charge is 0.416 e. The first-order chi connectivity index (χ1) is 15.1. The molecule has 0 aliphatic rings. The number of benzene rings is 2. The molecule has 13 heteroatoms. The molecule has 0 fully saturated rings. The van der Waals surface area contributed by atoms with Gasteiger partial charge in [0.1, 0.15) is 11.5 Å². The number of nitro benzene ring substituents is 1. The molecule has 1 aromatic heterocycles. The van der Waals surface area contributed by atoms with Crippen LogP contribution in [0.4, 0.5) is 28.9 Å². The lowest BCUT2D eigenvalue weighted by Crippen LogP contribution is -2.22. The Morgan fingerprint density at radius 2 is 1.84 bits per heavy atom. The van der Waals surface area contributed by atoms with Crippen molar-refractivity contribution in [3.63, 3.8) is 0 Å². The van der Waals surface area contributed by atoms with Crippen molar-refractivity contribution in [2.24, 2.45) is 0 Å². The second-order valence-electron chi connectivity index (χ2n) is 6.24. The number of rotatable bonds is 6. The number of anilines is 1. The Hall–Kier alpha value is -4.29. The maximum atomic E-state index is 13.1. The molecule has 32 heavy (non-hydrogen) atoms. The molecule has 0 aliphatic carbocycles. The number of nitrogens with one attached hydrogen (secondary N) is 1. The van der Waals surface area contributed by atoms with Gasteiger partial charge in [0.25, 0.3) is 11.6 Å². The normalized spacial score (nSPS) is 11.1. The van der Waals surface area contributed by atoms with E-state index in [1.54, 1.807) is 0 Å². The number of amides is 1. The van der Waals surface area contributed by atoms with Crippen LogP contribution in [0.25, 0.3) is 5.69 Å². The standard InChI is InChI=1S/C19H12F4N4O5/c20-12-2-4-13(5-3-12)26-10-24-8-16(26)18(29)32-9-17(28)25-14-6-1-11(19(21,22)23)7-15(14)27(30)31/h1-8,10H,9H2,(H,25,28). The summed E-state index contributed by atoms with van der Waals surface area (Å²) in [7, 11) is 0. The monoisotopic (exact) mass is 452 g/mol. The van der Waals surface area contributed by atoms with Crippen LogP contribution in [-0.4, -0.2) is 33.0 Å². The van der Waals surface area contributed by atoms with Crippen LogP contribution in [0.5, 0.6) is 0 Å². The minimum Gasteiger partial charge on any atom is -0.451 e. The average molecular weight is 452 g/mol. The number of ether oxygens (including phenoxy) is 1. The quantitative estimate of drug-likeness (QED) is 0.264. The van der Waals surface area contributed by atoms with Gasteiger partial charge in [0, 0.05) is 11.8 Å². The molecule has 1 amide bonds. The fourth-order valence-corrected chi connectivity index (χ4v) is 2.61. The molecule has 3 rings (SSSR count). The molecular formula is C19H12F4N4O5. The largest absolute Gasteiger partial charge is 0.451 e. The average Bonchev–Trinajstić information content (AvgIpc) is 3.22. The highest BCUT2D eigenvalue weighted by molar-refractivity contribution is 5.96. The van der Waals surface area contributed by atoms with Gasteiger partial charge in [-0.05, 0) is 36.4 Å². The predicted molar refractivity (Wildman–Crippen MR) is 101 cm³/mol. The lowest BCUT2D eigenvalue weighted by Gasteiger charge is -2.11. The van der Waals surface area contributed by atoms with Crippen molar-refractivity contribution in [2.45, 2.75) is 6.18 Å². The molecule has 0 bridgehead atoms. The zero-order valence-corrected chi connectivity index (χ0v) is 15.8. The highest BCUT2D eigenvalue weighted by atomic mass is 19.4. The Morgan fingerprint density at radius 3 is 2.47 bits per heavy atom. The van der Waals surface area contributed by atoms with Crippen molar-refractivity contribution in [1.29, 1.82) is 0 Å². The Kier molecular flexibility index (Phi) is 6.18. The number of esters is 1. The van der Waals surface area contributed by atoms with Gasteiger partial charge in [-0.2, -0.15) is 13.2 Å². The van der Waals surface area contributed by atoms with E-state index in [0.717, 1.165) is 24.4 Å². The van der Waals surface area contributed by atoms with Crippen LogP contribution in [0.15, 0.2) is 55.0 Å². The van der Waals surface area contributed by atoms with E-state index in [-0.39, 0.29) is 11.8 Å². The maximum absolute atomic E-state index is 13.1. The van der Waals surface area contributed by atoms with E-state index in [0.29, 0.717) is 11.8 Å². The zero-order valence-electron chi connectivity index (χ0n) is 15.8. The lowest BCUT2D eigenvalue weighted by molar-refractivity contribution is -0.384. The first-order valence-electron chi connectivity index (χ1n) is 8.67. The number of alkyl halides is 3. The summed E-state index contributed by atoms with van der Waals surface area (Å²) in [5, 5.41) is 13.1. The third-order valence-electron chi connectivity index (χ3n) is 4.08. The number of nitro groups is 1. The number of hydrogen-bond acceptors (Lipinski definition) is 6. The summed E-state index contributed by atoms with van der Waals surface area (Å²) in [5.41, 5.74) is -2.44. The summed E-state index contributed by atoms with van der Waals surface area (Å²) in [5.74, 6) is -2.50. The van der Waals surface area contributed by atoms with Gasteiger partial charge < -0.3 is 10.1 Å². The molecule has 0 spiro atoms. The van der Waals surface area contributed by atoms with Crippen LogP contribution >= 0.6 is 0 Å². The van der Waals surface area contributed by atoms with Crippen LogP contribution in [0.2, 0.25) is 0 Å². The van der Waals surface area contributed by atoms with Gasteiger partial charge in [0.15, 0.2) is 12.3 Å². The number of nitrogens with zero attached hydrogens (tertiary/aromatic N) is 3. The highest BCUT2D eigenvalue weighted by Gasteiger charge is 2.33. The molecule has 3 aromatic rings. The fraction of sp³-hybridized carbons (Fsp3) is 0.105. The summed E-state index contributed by atoms with van der Waals surface area (Å²) < 4.78 is 57.5. The summed E-state index contributed by atoms with van der Waals surface area (Å²) in [6, 6.07) is 6.65. The van der Waals surface area contributed by atoms with Crippen molar-refractivity contribution >= 4 is 23.3 Å². The second-order valence-corrected chi connectivity index (χ2v) is 6.24. The summed E-state index contributed by atoms with van der Waals surface area (Å²) >= 11 is 0. The molecule has 9 nitrogen and oxygen atoms in total. The number of halogens is 4. The molecule has 0 radical (unpaired) electrons. The van der Waals surface area contributed by atoms with Crippen LogP contribution in [-0.2, 0) is 15.7 Å². The highest BCUT2D eigenvalue weighted by Crippen LogP contribution is 2.34. The van der Waals surface area contributed by atoms with Gasteiger partial charge in [-0.15, -0.1) is 0 Å². The third-order valence-corrected chi connectivity index (χ3v) is 4.08. The van der Waals surface area contributed by atoms with Gasteiger partial charge in [0.05, 0.1) is 23.0 Å². The Labute approximate surface area is 176 Å². The van der Waals surface area contributed by atoms with Crippen LogP contribution in [0, 0.1) is 15.9 Å². The van der Waals surface area contributed by atoms with Gasteiger partial charge >= 0.3 is 12.1 Å². The van der Waals surface area contributed by atoms with Crippen molar-refractivity contribution in [2.75, 3.05) is 11.9 Å². The Morgan fingerprint density at radius 1 is 1.16 bits per heavy atom. The molecule has 166 valence electrons. The van der Waals surface area contributed by atoms with Crippen molar-refractivity contribution in [3.05, 3.63) is 82.2 Å². The minimum absolute atomic E-state index is 0.0927. The number of carbonyl (C=O) groups excluding carboxylic acids is 2. The van der Waals surface area contributed by atoms with E-state index in [9.17, 15) is 37.3 Å². The topological polar surface area (TPSA) is 116 Å². The van der Waals surface area contributed by atoms with Gasteiger partial charge in [-0.3, -0.25) is 19.5 Å². The lowest BCUT2D eigenvalue weighted by atomic mass is 10.1. The third kappa shape index (κ3) is 5.06. The Balaban J connectivity index is 1.69. The van der Waals surface area contributed by atoms with Crippen molar-refractivity contribution in [1.82, 2.24) is 9.55 Å². The number of hydrogen-bond donors (Lipinski definition) is 1. The summed E-state index contributed by atoms with van der Waals surface area (Å²) in [6.07, 6.45) is -2.41. The molecular weight excluding hydrogens is 440 g/mol. The molecule has 2 aromatic carbocycles. The summed E-state index contributed by atoms with van der Waals surface area (Å²) in [4.78, 5) is 38.1. The van der Waals surface area contributed by atoms with Crippen LogP contribution in [0.1, 0.15) is 16.1 Å². The van der Waals surface area contributed by atoms with Gasteiger partial charge in [0.2, 0.25) is 0 Å². The number of carbonyl (C=O) groups is 2. The maximum Gasteiger partial charge on any atom is 0.416 e. The van der Waals surface area contributed by atoms with E-state index < -0.39 is 52.3 Å². The van der Waals surface area contributed by atoms with Crippen LogP contribution < -0.4 is 5.32 Å². The first-order valence-corrected chi connectivity index (χ1v) is 8.67.